The van der Waals surface area contributed by atoms with Gasteiger partial charge >= 0.3 is 18.4 Å². The summed E-state index contributed by atoms with van der Waals surface area (Å²) in [6.07, 6.45) is 0.758. The quantitative estimate of drug-likeness (QED) is 0.200. The van der Waals surface area contributed by atoms with Crippen molar-refractivity contribution in [1.29, 1.82) is 0 Å². The summed E-state index contributed by atoms with van der Waals surface area (Å²) >= 11 is 0. The van der Waals surface area contributed by atoms with E-state index in [9.17, 15) is 50.7 Å². The Morgan fingerprint density at radius 1 is 1.12 bits per heavy atom. The van der Waals surface area contributed by atoms with Crippen molar-refractivity contribution in [3.05, 3.63) is 34.7 Å². The number of ether oxygens (including phenoxy) is 1. The second-order valence-electron chi connectivity index (χ2n) is 17.5. The lowest BCUT2D eigenvalue weighted by Gasteiger charge is -2.33. The van der Waals surface area contributed by atoms with Crippen molar-refractivity contribution in [2.75, 3.05) is 19.6 Å². The van der Waals surface area contributed by atoms with Crippen LogP contribution in [-0.2, 0) is 29.1 Å². The van der Waals surface area contributed by atoms with E-state index in [2.05, 4.69) is 27.0 Å². The summed E-state index contributed by atoms with van der Waals surface area (Å²) < 4.78 is 88.7. The minimum atomic E-state index is -4.97. The summed E-state index contributed by atoms with van der Waals surface area (Å²) in [4.78, 5) is 70.2. The number of Topliss-reactive ketones (excluding diaryl/α,β-unsaturated/α-hetero) is 1. The largest absolute Gasteiger partial charge is 0.465 e. The summed E-state index contributed by atoms with van der Waals surface area (Å²) in [6.45, 7) is 6.53. The van der Waals surface area contributed by atoms with Gasteiger partial charge < -0.3 is 20.5 Å². The molecule has 3 aliphatic heterocycles. The van der Waals surface area contributed by atoms with Crippen molar-refractivity contribution in [1.82, 2.24) is 25.2 Å². The minimum absolute atomic E-state index is 0.0223. The molecule has 0 spiro atoms. The Balaban J connectivity index is 1.33. The highest BCUT2D eigenvalue weighted by molar-refractivity contribution is 7.91. The Morgan fingerprint density at radius 3 is 2.43 bits per heavy atom. The van der Waals surface area contributed by atoms with E-state index in [-0.39, 0.29) is 42.5 Å². The van der Waals surface area contributed by atoms with Crippen LogP contribution >= 0.6 is 0 Å². The van der Waals surface area contributed by atoms with Gasteiger partial charge in [-0.15, -0.1) is 0 Å². The van der Waals surface area contributed by atoms with Gasteiger partial charge in [0.05, 0.1) is 23.4 Å². The van der Waals surface area contributed by atoms with Gasteiger partial charge in [-0.1, -0.05) is 38.8 Å². The molecule has 0 aromatic carbocycles. The molecular formula is C39H53F4N5O9S. The Labute approximate surface area is 335 Å². The normalized spacial score (nSPS) is 32.5. The minimum Gasteiger partial charge on any atom is -0.465 e. The number of nitrogens with one attached hydrogen (secondary N) is 3. The molecule has 4 fully saturated rings. The number of rotatable bonds is 7. The molecule has 6 aliphatic rings. The SMILES string of the molecule is CCC1=C2C(=C(F)C(=O)[C@H]1NC(=O)OC(C)(C)C(F)(F)F)CN(C(=O)O)C2[C@@H]1C[C@H]2C(=O)N[C@]3(C(=O)NS(=O)(=O)C4(C)CC4)C[C@H]3/C=C\CC[C@@H](C)CCCCN2C1. The number of amides is 4. The highest BCUT2D eigenvalue weighted by Gasteiger charge is 2.63. The van der Waals surface area contributed by atoms with Crippen LogP contribution < -0.4 is 15.4 Å². The Morgan fingerprint density at radius 2 is 1.81 bits per heavy atom. The Kier molecular flexibility index (Phi) is 11.7. The maximum absolute atomic E-state index is 16.0. The van der Waals surface area contributed by atoms with E-state index in [0.717, 1.165) is 30.6 Å². The van der Waals surface area contributed by atoms with E-state index in [0.29, 0.717) is 45.6 Å². The predicted molar refractivity (Wildman–Crippen MR) is 201 cm³/mol. The molecule has 3 heterocycles. The summed E-state index contributed by atoms with van der Waals surface area (Å²) in [5.41, 5.74) is -4.49. The summed E-state index contributed by atoms with van der Waals surface area (Å²) in [7, 11) is -4.04. The van der Waals surface area contributed by atoms with Crippen molar-refractivity contribution < 1.29 is 59.8 Å². The molecule has 0 aromatic rings. The number of likely N-dealkylation sites (tertiary alicyclic amines) is 1. The average Bonchev–Trinajstić information content (AvgIpc) is 3.94. The lowest BCUT2D eigenvalue weighted by Crippen LogP contribution is -2.56. The second-order valence-corrected chi connectivity index (χ2v) is 19.7. The number of alkyl carbamates (subject to hydrolysis) is 1. The molecule has 0 radical (unpaired) electrons. The fourth-order valence-electron chi connectivity index (χ4n) is 8.86. The number of carboxylic acid groups (broad SMARTS) is 1. The van der Waals surface area contributed by atoms with Crippen molar-refractivity contribution in [3.8, 4) is 0 Å². The zero-order chi connectivity index (χ0) is 42.7. The van der Waals surface area contributed by atoms with Crippen LogP contribution in [0, 0.1) is 17.8 Å². The average molecular weight is 844 g/mol. The number of sulfonamides is 1. The maximum Gasteiger partial charge on any atom is 0.427 e. The van der Waals surface area contributed by atoms with Gasteiger partial charge in [0.15, 0.2) is 5.83 Å². The lowest BCUT2D eigenvalue weighted by atomic mass is 9.79. The Hall–Kier alpha value is -4.00. The van der Waals surface area contributed by atoms with E-state index < -0.39 is 104 Å². The second kappa shape index (κ2) is 15.6. The van der Waals surface area contributed by atoms with Crippen molar-refractivity contribution in [2.45, 2.75) is 139 Å². The lowest BCUT2D eigenvalue weighted by molar-refractivity contribution is -0.244. The van der Waals surface area contributed by atoms with Gasteiger partial charge in [0.2, 0.25) is 27.3 Å². The third-order valence-electron chi connectivity index (χ3n) is 13.0. The summed E-state index contributed by atoms with van der Waals surface area (Å²) in [5.74, 6) is -4.78. The van der Waals surface area contributed by atoms with E-state index >= 15 is 4.39 Å². The molecule has 58 heavy (non-hydrogen) atoms. The van der Waals surface area contributed by atoms with Crippen molar-refractivity contribution in [2.24, 2.45) is 17.8 Å². The molecule has 2 saturated heterocycles. The first-order valence-electron chi connectivity index (χ1n) is 20.0. The molecular weight excluding hydrogens is 791 g/mol. The van der Waals surface area contributed by atoms with E-state index in [4.69, 9.17) is 0 Å². The maximum atomic E-state index is 16.0. The molecule has 19 heteroatoms. The molecule has 4 N–H and O–H groups in total. The number of carbonyl (C=O) groups excluding carboxylic acids is 4. The number of allylic oxidation sites excluding steroid dienone is 1. The van der Waals surface area contributed by atoms with Crippen LogP contribution in [0.2, 0.25) is 0 Å². The number of nitrogens with zero attached hydrogens (tertiary/aromatic N) is 2. The topological polar surface area (TPSA) is 192 Å². The Bertz CT molecular complexity index is 1940. The monoisotopic (exact) mass is 843 g/mol. The van der Waals surface area contributed by atoms with Gasteiger partial charge in [-0.3, -0.25) is 28.9 Å². The van der Waals surface area contributed by atoms with Crippen LogP contribution in [0.15, 0.2) is 34.7 Å². The number of carbonyl (C=O) groups is 5. The number of hydrogen-bond acceptors (Lipinski definition) is 9. The first kappa shape index (κ1) is 43.6. The smallest absolute Gasteiger partial charge is 0.427 e. The fourth-order valence-corrected chi connectivity index (χ4v) is 10.2. The molecule has 1 unspecified atom stereocenters. The molecule has 6 rings (SSSR count). The van der Waals surface area contributed by atoms with Gasteiger partial charge in [-0.2, -0.15) is 13.2 Å². The van der Waals surface area contributed by atoms with Crippen LogP contribution in [0.1, 0.15) is 98.8 Å². The highest BCUT2D eigenvalue weighted by atomic mass is 32.2. The first-order valence-corrected chi connectivity index (χ1v) is 21.5. The van der Waals surface area contributed by atoms with Gasteiger partial charge in [-0.05, 0) is 102 Å². The standard InChI is InChI=1S/C39H53F4N5O9S/c1-6-24-27-25(28(40)31(49)29(24)44-34(52)57-36(3,4)39(41,42)43)20-48(35(53)54)30(27)22-17-26-32(50)45-38(33(51)46-58(55,56)37(5)14-15-37)18-23(38)13-8-7-11-21(2)12-9-10-16-47(26)19-22/h8,13,21-23,26,29-30H,6-7,9-12,14-20H2,1-5H3,(H,44,52)(H,45,50)(H,46,51)(H,53,54)/b13-8-/t21-,22-,23-,26+,29+,30?,38-/m1/s1. The number of fused-ring (bicyclic) bond motifs is 3. The van der Waals surface area contributed by atoms with E-state index in [1.807, 2.05) is 17.1 Å². The highest BCUT2D eigenvalue weighted by Crippen LogP contribution is 2.49. The first-order chi connectivity index (χ1) is 27.0. The van der Waals surface area contributed by atoms with E-state index in [1.54, 1.807) is 13.8 Å². The third-order valence-corrected chi connectivity index (χ3v) is 15.2. The molecule has 322 valence electrons. The van der Waals surface area contributed by atoms with Crippen LogP contribution in [0.25, 0.3) is 0 Å². The molecule has 14 nitrogen and oxygen atoms in total. The van der Waals surface area contributed by atoms with Crippen LogP contribution in [0.4, 0.5) is 27.2 Å². The zero-order valence-corrected chi connectivity index (χ0v) is 34.2. The molecule has 3 aliphatic carbocycles. The number of alkyl halides is 3. The van der Waals surface area contributed by atoms with Crippen LogP contribution in [0.5, 0.6) is 0 Å². The molecule has 7 atom stereocenters. The van der Waals surface area contributed by atoms with Crippen LogP contribution in [0.3, 0.4) is 0 Å². The van der Waals surface area contributed by atoms with Crippen molar-refractivity contribution in [3.63, 3.8) is 0 Å². The summed E-state index contributed by atoms with van der Waals surface area (Å²) in [5, 5.41) is 15.4. The molecule has 2 saturated carbocycles. The molecule has 4 amide bonds. The predicted octanol–water partition coefficient (Wildman–Crippen LogP) is 5.02. The van der Waals surface area contributed by atoms with Gasteiger partial charge in [0.25, 0.3) is 5.91 Å². The summed E-state index contributed by atoms with van der Waals surface area (Å²) in [6, 6.07) is -3.84. The van der Waals surface area contributed by atoms with Gasteiger partial charge in [-0.25, -0.2) is 22.4 Å². The van der Waals surface area contributed by atoms with E-state index in [1.165, 1.54) is 0 Å². The number of ketones is 1. The zero-order valence-electron chi connectivity index (χ0n) is 33.3. The van der Waals surface area contributed by atoms with Crippen molar-refractivity contribution >= 4 is 39.8 Å². The fraction of sp³-hybridized carbons (Fsp3) is 0.718. The van der Waals surface area contributed by atoms with Gasteiger partial charge in [0.1, 0.15) is 11.6 Å². The molecule has 0 bridgehead atoms. The van der Waals surface area contributed by atoms with Crippen LogP contribution in [-0.4, -0.2) is 113 Å². The van der Waals surface area contributed by atoms with Gasteiger partial charge in [0, 0.05) is 18.0 Å². The third kappa shape index (κ3) is 8.13. The number of hydrogen-bond donors (Lipinski definition) is 4. The number of halogens is 4. The molecule has 0 aromatic heterocycles.